The number of aromatic amines is 3. The summed E-state index contributed by atoms with van der Waals surface area (Å²) >= 11 is 0. The average molecular weight is 342 g/mol. The zero-order valence-electron chi connectivity index (χ0n) is 13.6. The smallest absolute Gasteiger partial charge is 0.340 e. The van der Waals surface area contributed by atoms with Crippen LogP contribution in [0.2, 0.25) is 0 Å². The summed E-state index contributed by atoms with van der Waals surface area (Å²) in [6.45, 7) is 2.15. The Bertz CT molecular complexity index is 976. The lowest BCUT2D eigenvalue weighted by atomic mass is 10.2. The number of rotatable bonds is 6. The lowest BCUT2D eigenvalue weighted by molar-refractivity contribution is 0.0950. The van der Waals surface area contributed by atoms with Gasteiger partial charge in [0.05, 0.1) is 12.2 Å². The summed E-state index contributed by atoms with van der Waals surface area (Å²) < 4.78 is 1.45. The molecule has 25 heavy (non-hydrogen) atoms. The predicted octanol–water partition coefficient (Wildman–Crippen LogP) is 0.459. The van der Waals surface area contributed by atoms with Crippen LogP contribution in [0.1, 0.15) is 35.2 Å². The maximum Gasteiger partial charge on any atom is 0.340 e. The van der Waals surface area contributed by atoms with E-state index < -0.39 is 5.69 Å². The lowest BCUT2D eigenvalue weighted by Crippen LogP contribution is -2.23. The van der Waals surface area contributed by atoms with E-state index in [0.717, 1.165) is 18.5 Å². The number of aromatic nitrogens is 5. The normalized spacial score (nSPS) is 10.8. The molecule has 3 rings (SSSR count). The van der Waals surface area contributed by atoms with Crippen LogP contribution in [-0.4, -0.2) is 30.9 Å². The van der Waals surface area contributed by atoms with Gasteiger partial charge in [0.1, 0.15) is 5.82 Å². The Kier molecular flexibility index (Phi) is 4.64. The maximum atomic E-state index is 12.1. The predicted molar refractivity (Wildman–Crippen MR) is 90.8 cm³/mol. The summed E-state index contributed by atoms with van der Waals surface area (Å²) in [4.78, 5) is 37.5. The summed E-state index contributed by atoms with van der Waals surface area (Å²) in [5.41, 5.74) is 1.41. The second kappa shape index (κ2) is 7.04. The van der Waals surface area contributed by atoms with Crippen molar-refractivity contribution in [2.45, 2.75) is 26.3 Å². The van der Waals surface area contributed by atoms with Crippen molar-refractivity contribution in [3.63, 3.8) is 0 Å². The third-order valence-corrected chi connectivity index (χ3v) is 3.65. The molecule has 0 atom stereocenters. The van der Waals surface area contributed by atoms with E-state index in [2.05, 4.69) is 25.6 Å². The van der Waals surface area contributed by atoms with Gasteiger partial charge in [0.15, 0.2) is 0 Å². The van der Waals surface area contributed by atoms with E-state index in [4.69, 9.17) is 0 Å². The van der Waals surface area contributed by atoms with Crippen molar-refractivity contribution in [3.05, 3.63) is 68.3 Å². The van der Waals surface area contributed by atoms with Crippen molar-refractivity contribution < 1.29 is 4.79 Å². The molecule has 0 radical (unpaired) electrons. The number of hydrogen-bond acceptors (Lipinski definition) is 4. The molecule has 2 heterocycles. The molecule has 0 fully saturated rings. The molecule has 1 aromatic carbocycles. The molecule has 0 bridgehead atoms. The van der Waals surface area contributed by atoms with E-state index in [1.165, 1.54) is 4.68 Å². The number of H-pyrrole nitrogens is 3. The number of hydrogen-bond donors (Lipinski definition) is 4. The van der Waals surface area contributed by atoms with Crippen LogP contribution in [0, 0.1) is 0 Å². The van der Waals surface area contributed by atoms with Crippen molar-refractivity contribution in [1.29, 1.82) is 0 Å². The van der Waals surface area contributed by atoms with Gasteiger partial charge in [-0.1, -0.05) is 13.3 Å². The van der Waals surface area contributed by atoms with Crippen LogP contribution in [0.5, 0.6) is 0 Å². The molecule has 4 N–H and O–H groups in total. The second-order valence-corrected chi connectivity index (χ2v) is 5.56. The zero-order valence-corrected chi connectivity index (χ0v) is 13.6. The van der Waals surface area contributed by atoms with Crippen molar-refractivity contribution in [3.8, 4) is 5.69 Å². The Morgan fingerprint density at radius 3 is 2.64 bits per heavy atom. The number of carbonyl (C=O) groups is 1. The molecule has 0 saturated heterocycles. The Morgan fingerprint density at radius 2 is 2.00 bits per heavy atom. The summed E-state index contributed by atoms with van der Waals surface area (Å²) in [6.07, 6.45) is 1.75. The van der Waals surface area contributed by atoms with Crippen molar-refractivity contribution >= 4 is 5.91 Å². The highest BCUT2D eigenvalue weighted by Gasteiger charge is 2.09. The fourth-order valence-corrected chi connectivity index (χ4v) is 2.45. The molecule has 1 amide bonds. The summed E-state index contributed by atoms with van der Waals surface area (Å²) in [5, 5.41) is 11.6. The van der Waals surface area contributed by atoms with Gasteiger partial charge < -0.3 is 5.32 Å². The van der Waals surface area contributed by atoms with Crippen LogP contribution in [0.15, 0.2) is 39.9 Å². The number of aryl methyl sites for hydroxylation is 1. The van der Waals surface area contributed by atoms with Gasteiger partial charge in [-0.05, 0) is 30.7 Å². The van der Waals surface area contributed by atoms with E-state index in [0.29, 0.717) is 17.1 Å². The second-order valence-electron chi connectivity index (χ2n) is 5.56. The van der Waals surface area contributed by atoms with Crippen LogP contribution in [0.25, 0.3) is 5.69 Å². The SMILES string of the molecule is CCCc1cc(=O)n(-c2ccc(C(=O)NCc3n[nH]c(=O)[nH]3)cc2)[nH]1. The van der Waals surface area contributed by atoms with E-state index >= 15 is 0 Å². The topological polar surface area (TPSA) is 128 Å². The highest BCUT2D eigenvalue weighted by atomic mass is 16.2. The standard InChI is InChI=1S/C16H18N6O3/c1-2-3-11-8-14(23)22(21-11)12-6-4-10(5-7-12)15(24)17-9-13-18-16(25)20-19-13/h4-8,21H,2-3,9H2,1H3,(H,17,24)(H2,18,19,20,25). The third-order valence-electron chi connectivity index (χ3n) is 3.65. The van der Waals surface area contributed by atoms with E-state index in [1.54, 1.807) is 30.3 Å². The summed E-state index contributed by atoms with van der Waals surface area (Å²) in [7, 11) is 0. The molecule has 0 saturated carbocycles. The quantitative estimate of drug-likeness (QED) is 0.519. The van der Waals surface area contributed by atoms with E-state index in [1.807, 2.05) is 6.92 Å². The average Bonchev–Trinajstić information content (AvgIpc) is 3.19. The minimum atomic E-state index is -0.424. The zero-order chi connectivity index (χ0) is 17.8. The molecular formula is C16H18N6O3. The third kappa shape index (κ3) is 3.77. The minimum absolute atomic E-state index is 0.107. The van der Waals surface area contributed by atoms with Crippen molar-refractivity contribution in [2.24, 2.45) is 0 Å². The molecule has 0 spiro atoms. The minimum Gasteiger partial charge on any atom is -0.345 e. The maximum absolute atomic E-state index is 12.1. The number of benzene rings is 1. The van der Waals surface area contributed by atoms with Crippen LogP contribution in [0.4, 0.5) is 0 Å². The van der Waals surface area contributed by atoms with Gasteiger partial charge in [0.2, 0.25) is 0 Å². The Balaban J connectivity index is 1.70. The molecule has 9 heteroatoms. The summed E-state index contributed by atoms with van der Waals surface area (Å²) in [5.74, 6) is 0.0391. The molecule has 0 aliphatic heterocycles. The number of amides is 1. The first-order chi connectivity index (χ1) is 12.1. The first-order valence-electron chi connectivity index (χ1n) is 7.90. The first-order valence-corrected chi connectivity index (χ1v) is 7.90. The lowest BCUT2D eigenvalue weighted by Gasteiger charge is -2.05. The molecule has 0 unspecified atom stereocenters. The van der Waals surface area contributed by atoms with Gasteiger partial charge in [-0.3, -0.25) is 19.7 Å². The fraction of sp³-hybridized carbons (Fsp3) is 0.250. The Labute approximate surface area is 142 Å². The molecule has 0 aliphatic carbocycles. The highest BCUT2D eigenvalue weighted by molar-refractivity contribution is 5.94. The monoisotopic (exact) mass is 342 g/mol. The highest BCUT2D eigenvalue weighted by Crippen LogP contribution is 2.08. The van der Waals surface area contributed by atoms with Crippen molar-refractivity contribution in [1.82, 2.24) is 30.3 Å². The molecule has 130 valence electrons. The van der Waals surface area contributed by atoms with Crippen LogP contribution in [0.3, 0.4) is 0 Å². The Hall–Kier alpha value is -3.36. The first kappa shape index (κ1) is 16.5. The largest absolute Gasteiger partial charge is 0.345 e. The van der Waals surface area contributed by atoms with E-state index in [-0.39, 0.29) is 18.0 Å². The number of nitrogens with one attached hydrogen (secondary N) is 4. The molecular weight excluding hydrogens is 324 g/mol. The molecule has 0 aliphatic rings. The van der Waals surface area contributed by atoms with Gasteiger partial charge >= 0.3 is 5.69 Å². The molecule has 9 nitrogen and oxygen atoms in total. The van der Waals surface area contributed by atoms with Crippen LogP contribution in [-0.2, 0) is 13.0 Å². The molecule has 2 aromatic heterocycles. The summed E-state index contributed by atoms with van der Waals surface area (Å²) in [6, 6.07) is 8.22. The van der Waals surface area contributed by atoms with E-state index in [9.17, 15) is 14.4 Å². The number of nitrogens with zero attached hydrogens (tertiary/aromatic N) is 2. The van der Waals surface area contributed by atoms with Gasteiger partial charge in [0.25, 0.3) is 11.5 Å². The van der Waals surface area contributed by atoms with Crippen molar-refractivity contribution in [2.75, 3.05) is 0 Å². The van der Waals surface area contributed by atoms with Gasteiger partial charge in [-0.15, -0.1) is 0 Å². The Morgan fingerprint density at radius 1 is 1.24 bits per heavy atom. The molecule has 3 aromatic rings. The van der Waals surface area contributed by atoms with Gasteiger partial charge in [-0.25, -0.2) is 14.6 Å². The fourth-order valence-electron chi connectivity index (χ4n) is 2.45. The van der Waals surface area contributed by atoms with Crippen LogP contribution >= 0.6 is 0 Å². The number of carbonyl (C=O) groups excluding carboxylic acids is 1. The van der Waals surface area contributed by atoms with Gasteiger partial charge in [-0.2, -0.15) is 5.10 Å². The van der Waals surface area contributed by atoms with Gasteiger partial charge in [0, 0.05) is 17.3 Å². The van der Waals surface area contributed by atoms with Crippen LogP contribution < -0.4 is 16.6 Å².